The second kappa shape index (κ2) is 8.22. The van der Waals surface area contributed by atoms with Crippen LogP contribution < -0.4 is 10.6 Å². The van der Waals surface area contributed by atoms with Crippen LogP contribution in [0.3, 0.4) is 0 Å². The summed E-state index contributed by atoms with van der Waals surface area (Å²) in [7, 11) is 4.17. The molecule has 0 spiro atoms. The minimum atomic E-state index is 0.743. The minimum absolute atomic E-state index is 0.743. The van der Waals surface area contributed by atoms with Gasteiger partial charge in [0.2, 0.25) is 0 Å². The van der Waals surface area contributed by atoms with Gasteiger partial charge in [-0.2, -0.15) is 0 Å². The highest BCUT2D eigenvalue weighted by Crippen LogP contribution is 2.33. The lowest BCUT2D eigenvalue weighted by Gasteiger charge is -2.16. The number of benzene rings is 1. The van der Waals surface area contributed by atoms with Gasteiger partial charge in [-0.25, -0.2) is 9.97 Å². The topological polar surface area (TPSA) is 66.0 Å². The van der Waals surface area contributed by atoms with Gasteiger partial charge in [0, 0.05) is 23.4 Å². The van der Waals surface area contributed by atoms with Crippen molar-refractivity contribution in [3.63, 3.8) is 0 Å². The van der Waals surface area contributed by atoms with Crippen molar-refractivity contribution >= 4 is 44.0 Å². The number of aromatic nitrogens is 3. The van der Waals surface area contributed by atoms with Gasteiger partial charge in [-0.05, 0) is 61.2 Å². The lowest BCUT2D eigenvalue weighted by molar-refractivity contribution is 0.405. The Morgan fingerprint density at radius 2 is 2.04 bits per heavy atom. The van der Waals surface area contributed by atoms with Gasteiger partial charge in [-0.3, -0.25) is 4.98 Å². The quantitative estimate of drug-likeness (QED) is 0.586. The summed E-state index contributed by atoms with van der Waals surface area (Å²) in [5, 5.41) is 7.81. The Morgan fingerprint density at radius 3 is 2.88 bits per heavy atom. The molecule has 0 aliphatic heterocycles. The van der Waals surface area contributed by atoms with E-state index in [1.165, 1.54) is 0 Å². The smallest absolute Gasteiger partial charge is 0.143 e. The maximum absolute atomic E-state index is 4.38. The molecule has 2 heterocycles. The van der Waals surface area contributed by atoms with Crippen LogP contribution in [-0.4, -0.2) is 47.0 Å². The van der Waals surface area contributed by atoms with Crippen LogP contribution in [0.2, 0.25) is 0 Å². The Labute approximate surface area is 155 Å². The first-order valence-electron chi connectivity index (χ1n) is 8.14. The molecule has 0 fully saturated rings. The van der Waals surface area contributed by atoms with E-state index in [0.29, 0.717) is 0 Å². The number of halogens is 1. The molecule has 0 saturated carbocycles. The van der Waals surface area contributed by atoms with Crippen LogP contribution >= 0.6 is 15.9 Å². The minimum Gasteiger partial charge on any atom is -0.382 e. The largest absolute Gasteiger partial charge is 0.382 e. The third-order valence-corrected chi connectivity index (χ3v) is 4.45. The van der Waals surface area contributed by atoms with E-state index in [2.05, 4.69) is 60.5 Å². The molecule has 2 aromatic heterocycles. The lowest BCUT2D eigenvalue weighted by Crippen LogP contribution is -2.16. The van der Waals surface area contributed by atoms with Crippen LogP contribution in [0.4, 0.5) is 17.2 Å². The van der Waals surface area contributed by atoms with Crippen molar-refractivity contribution in [2.45, 2.75) is 6.42 Å². The number of anilines is 3. The normalized spacial score (nSPS) is 11.0. The first-order chi connectivity index (χ1) is 12.1. The van der Waals surface area contributed by atoms with E-state index in [1.807, 2.05) is 24.3 Å². The number of para-hydroxylation sites is 1. The predicted octanol–water partition coefficient (Wildman–Crippen LogP) is 3.89. The molecule has 3 aromatic rings. The number of nitrogens with zero attached hydrogens (tertiary/aromatic N) is 4. The molecule has 0 aliphatic rings. The zero-order chi connectivity index (χ0) is 17.6. The van der Waals surface area contributed by atoms with Crippen molar-refractivity contribution in [2.24, 2.45) is 0 Å². The highest BCUT2D eigenvalue weighted by atomic mass is 79.9. The molecule has 2 N–H and O–H groups in total. The fraction of sp³-hybridized carbons (Fsp3) is 0.278. The van der Waals surface area contributed by atoms with Crippen molar-refractivity contribution in [1.82, 2.24) is 19.9 Å². The van der Waals surface area contributed by atoms with Crippen LogP contribution in [0.1, 0.15) is 6.42 Å². The molecule has 6 nitrogen and oxygen atoms in total. The van der Waals surface area contributed by atoms with Gasteiger partial charge >= 0.3 is 0 Å². The maximum Gasteiger partial charge on any atom is 0.143 e. The summed E-state index contributed by atoms with van der Waals surface area (Å²) < 4.78 is 1.01. The van der Waals surface area contributed by atoms with Crippen LogP contribution in [0.15, 0.2) is 47.5 Å². The Morgan fingerprint density at radius 1 is 1.16 bits per heavy atom. The molecule has 25 heavy (non-hydrogen) atoms. The average Bonchev–Trinajstić information content (AvgIpc) is 2.60. The van der Waals surface area contributed by atoms with Crippen LogP contribution in [0.5, 0.6) is 0 Å². The standard InChI is InChI=1S/C18H21BrN6/c1-25(2)10-4-8-21-17-14(19)5-3-6-16(17)24-18-13-11-20-9-7-15(13)22-12-23-18/h3,5-7,9,11-12,21H,4,8,10H2,1-2H3,(H,22,23,24). The molecule has 0 aliphatic carbocycles. The molecule has 7 heteroatoms. The fourth-order valence-corrected chi connectivity index (χ4v) is 3.05. The summed E-state index contributed by atoms with van der Waals surface area (Å²) in [6.07, 6.45) is 6.14. The summed E-state index contributed by atoms with van der Waals surface area (Å²) in [5.74, 6) is 0.743. The molecule has 0 saturated heterocycles. The highest BCUT2D eigenvalue weighted by Gasteiger charge is 2.10. The van der Waals surface area contributed by atoms with Crippen molar-refractivity contribution in [3.05, 3.63) is 47.5 Å². The molecular formula is C18H21BrN6. The first kappa shape index (κ1) is 17.6. The van der Waals surface area contributed by atoms with Crippen molar-refractivity contribution in [3.8, 4) is 0 Å². The molecule has 3 rings (SSSR count). The molecule has 0 bridgehead atoms. The van der Waals surface area contributed by atoms with E-state index in [1.54, 1.807) is 18.7 Å². The van der Waals surface area contributed by atoms with E-state index in [0.717, 1.165) is 52.1 Å². The zero-order valence-electron chi connectivity index (χ0n) is 14.3. The van der Waals surface area contributed by atoms with Gasteiger partial charge in [0.1, 0.15) is 12.1 Å². The molecular weight excluding hydrogens is 380 g/mol. The summed E-state index contributed by atoms with van der Waals surface area (Å²) in [5.41, 5.74) is 2.85. The van der Waals surface area contributed by atoms with Crippen molar-refractivity contribution < 1.29 is 0 Å². The summed E-state index contributed by atoms with van der Waals surface area (Å²) in [6, 6.07) is 7.94. The zero-order valence-corrected chi connectivity index (χ0v) is 15.9. The average molecular weight is 401 g/mol. The van der Waals surface area contributed by atoms with Crippen LogP contribution in [0.25, 0.3) is 10.9 Å². The van der Waals surface area contributed by atoms with Crippen LogP contribution in [0, 0.1) is 0 Å². The Kier molecular flexibility index (Phi) is 5.78. The van der Waals surface area contributed by atoms with Gasteiger partial charge in [0.15, 0.2) is 0 Å². The number of pyridine rings is 1. The van der Waals surface area contributed by atoms with E-state index < -0.39 is 0 Å². The highest BCUT2D eigenvalue weighted by molar-refractivity contribution is 9.10. The number of fused-ring (bicyclic) bond motifs is 1. The van der Waals surface area contributed by atoms with Gasteiger partial charge in [-0.1, -0.05) is 6.07 Å². The van der Waals surface area contributed by atoms with E-state index in [4.69, 9.17) is 0 Å². The third kappa shape index (κ3) is 4.43. The molecule has 0 amide bonds. The summed E-state index contributed by atoms with van der Waals surface area (Å²) in [6.45, 7) is 1.93. The molecule has 0 radical (unpaired) electrons. The summed E-state index contributed by atoms with van der Waals surface area (Å²) in [4.78, 5) is 15.0. The first-order valence-corrected chi connectivity index (χ1v) is 8.93. The molecule has 0 atom stereocenters. The maximum atomic E-state index is 4.38. The van der Waals surface area contributed by atoms with Crippen molar-refractivity contribution in [1.29, 1.82) is 0 Å². The van der Waals surface area contributed by atoms with Crippen LogP contribution in [-0.2, 0) is 0 Å². The third-order valence-electron chi connectivity index (χ3n) is 3.79. The van der Waals surface area contributed by atoms with Crippen molar-refractivity contribution in [2.75, 3.05) is 37.8 Å². The molecule has 1 aromatic carbocycles. The Balaban J connectivity index is 1.83. The van der Waals surface area contributed by atoms with Gasteiger partial charge in [-0.15, -0.1) is 0 Å². The second-order valence-corrected chi connectivity index (χ2v) is 6.84. The predicted molar refractivity (Wildman–Crippen MR) is 106 cm³/mol. The van der Waals surface area contributed by atoms with E-state index in [9.17, 15) is 0 Å². The second-order valence-electron chi connectivity index (χ2n) is 5.99. The van der Waals surface area contributed by atoms with Gasteiger partial charge < -0.3 is 15.5 Å². The summed E-state index contributed by atoms with van der Waals surface area (Å²) >= 11 is 3.63. The number of hydrogen-bond donors (Lipinski definition) is 2. The monoisotopic (exact) mass is 400 g/mol. The van der Waals surface area contributed by atoms with Gasteiger partial charge in [0.05, 0.1) is 22.3 Å². The SMILES string of the molecule is CN(C)CCCNc1c(Br)cccc1Nc1ncnc2ccncc12. The van der Waals surface area contributed by atoms with E-state index >= 15 is 0 Å². The Bertz CT molecular complexity index is 847. The lowest BCUT2D eigenvalue weighted by atomic mass is 10.2. The number of hydrogen-bond acceptors (Lipinski definition) is 6. The van der Waals surface area contributed by atoms with Gasteiger partial charge in [0.25, 0.3) is 0 Å². The molecule has 0 unspecified atom stereocenters. The van der Waals surface area contributed by atoms with E-state index in [-0.39, 0.29) is 0 Å². The number of nitrogens with one attached hydrogen (secondary N) is 2. The Hall–Kier alpha value is -2.25. The number of rotatable bonds is 7. The fourth-order valence-electron chi connectivity index (χ4n) is 2.54. The molecule has 130 valence electrons.